The second kappa shape index (κ2) is 4.47. The quantitative estimate of drug-likeness (QED) is 0.445. The van der Waals surface area contributed by atoms with Crippen LogP contribution in [0.5, 0.6) is 0 Å². The molecule has 0 radical (unpaired) electrons. The van der Waals surface area contributed by atoms with Crippen molar-refractivity contribution in [2.75, 3.05) is 0 Å². The molecule has 2 atom stereocenters. The molecule has 0 aromatic heterocycles. The number of hydrogen-bond donors (Lipinski definition) is 0. The van der Waals surface area contributed by atoms with Crippen molar-refractivity contribution in [3.8, 4) is 0 Å². The predicted octanol–water partition coefficient (Wildman–Crippen LogP) is 6.28. The highest BCUT2D eigenvalue weighted by Crippen LogP contribution is 2.67. The minimum atomic E-state index is -0.0605. The molecule has 28 heavy (non-hydrogen) atoms. The summed E-state index contributed by atoms with van der Waals surface area (Å²) in [5.41, 5.74) is 7.09. The van der Waals surface area contributed by atoms with Gasteiger partial charge in [0.25, 0.3) is 0 Å². The van der Waals surface area contributed by atoms with Crippen LogP contribution in [-0.2, 0) is 0 Å². The molecule has 7 rings (SSSR count). The van der Waals surface area contributed by atoms with Gasteiger partial charge in [-0.15, -0.1) is 0 Å². The fraction of sp³-hybridized carbons (Fsp3) is 0.143. The average Bonchev–Trinajstić information content (AvgIpc) is 2.71. The number of rotatable bonds is 0. The molecular weight excluding hydrogens is 336 g/mol. The van der Waals surface area contributed by atoms with Crippen molar-refractivity contribution in [3.05, 3.63) is 107 Å². The number of allylic oxidation sites excluding steroid dienone is 10. The summed E-state index contributed by atoms with van der Waals surface area (Å²) in [5.74, 6) is 0. The fourth-order valence-electron chi connectivity index (χ4n) is 6.39. The number of hydrogen-bond acceptors (Lipinski definition) is 0. The van der Waals surface area contributed by atoms with E-state index in [1.807, 2.05) is 0 Å². The van der Waals surface area contributed by atoms with Gasteiger partial charge in [-0.1, -0.05) is 98.8 Å². The van der Waals surface area contributed by atoms with Gasteiger partial charge >= 0.3 is 0 Å². The van der Waals surface area contributed by atoms with Crippen LogP contribution in [0.25, 0.3) is 32.7 Å². The molecule has 0 heteroatoms. The van der Waals surface area contributed by atoms with Crippen molar-refractivity contribution < 1.29 is 0 Å². The summed E-state index contributed by atoms with van der Waals surface area (Å²) in [5, 5.41) is 6.92. The van der Waals surface area contributed by atoms with Crippen molar-refractivity contribution in [2.24, 2.45) is 10.8 Å². The lowest BCUT2D eigenvalue weighted by Crippen LogP contribution is -2.48. The lowest BCUT2D eigenvalue weighted by atomic mass is 9.45. The summed E-state index contributed by atoms with van der Waals surface area (Å²) in [6.45, 7) is 4.90. The lowest BCUT2D eigenvalue weighted by Gasteiger charge is -2.56. The first-order valence-electron chi connectivity index (χ1n) is 10.1. The van der Waals surface area contributed by atoms with E-state index >= 15 is 0 Å². The molecule has 2 unspecified atom stereocenters. The third-order valence-corrected chi connectivity index (χ3v) is 8.00. The second-order valence-electron chi connectivity index (χ2n) is 8.86. The minimum Gasteiger partial charge on any atom is -0.0617 e. The smallest absolute Gasteiger partial charge is 0.0321 e. The van der Waals surface area contributed by atoms with Gasteiger partial charge in [-0.05, 0) is 54.6 Å². The Bertz CT molecular complexity index is 1450. The molecule has 4 aliphatic rings. The van der Waals surface area contributed by atoms with Gasteiger partial charge in [0.1, 0.15) is 0 Å². The van der Waals surface area contributed by atoms with E-state index in [1.54, 1.807) is 0 Å². The van der Waals surface area contributed by atoms with Crippen LogP contribution in [0.4, 0.5) is 0 Å². The van der Waals surface area contributed by atoms with E-state index in [0.717, 1.165) is 0 Å². The van der Waals surface area contributed by atoms with E-state index < -0.39 is 0 Å². The normalized spacial score (nSPS) is 28.9. The largest absolute Gasteiger partial charge is 0.0617 e. The zero-order valence-electron chi connectivity index (χ0n) is 16.1. The fourth-order valence-corrected chi connectivity index (χ4v) is 6.39. The maximum absolute atomic E-state index is 2.46. The maximum Gasteiger partial charge on any atom is 0.0321 e. The van der Waals surface area contributed by atoms with Crippen LogP contribution in [-0.4, -0.2) is 0 Å². The van der Waals surface area contributed by atoms with Crippen molar-refractivity contribution >= 4 is 32.7 Å². The third kappa shape index (κ3) is 1.36. The molecule has 0 nitrogen and oxygen atoms in total. The Morgan fingerprint density at radius 2 is 1.43 bits per heavy atom. The Hall–Kier alpha value is -3.12. The first-order valence-corrected chi connectivity index (χ1v) is 10.1. The molecule has 0 spiro atoms. The zero-order valence-corrected chi connectivity index (χ0v) is 16.1. The standard InChI is InChI=1S/C28H20/c1-27-19-7-4-8-20(27)12-16-24-22-14-10-18-6-3-5-17-9-13-21(26(22)25(17)18)23(15-11-19)28(24,27)2/h3-16H,1-2H3. The van der Waals surface area contributed by atoms with Crippen LogP contribution in [0.2, 0.25) is 0 Å². The van der Waals surface area contributed by atoms with Crippen LogP contribution in [0.3, 0.4) is 0 Å². The predicted molar refractivity (Wildman–Crippen MR) is 119 cm³/mol. The van der Waals surface area contributed by atoms with E-state index in [-0.39, 0.29) is 10.8 Å². The Morgan fingerprint density at radius 3 is 2.29 bits per heavy atom. The highest BCUT2D eigenvalue weighted by Gasteiger charge is 2.56. The van der Waals surface area contributed by atoms with E-state index in [9.17, 15) is 0 Å². The van der Waals surface area contributed by atoms with Crippen LogP contribution < -0.4 is 5.22 Å². The topological polar surface area (TPSA) is 0 Å². The van der Waals surface area contributed by atoms with E-state index in [1.165, 1.54) is 54.6 Å². The van der Waals surface area contributed by atoms with Gasteiger partial charge < -0.3 is 0 Å². The summed E-state index contributed by atoms with van der Waals surface area (Å²) in [6.07, 6.45) is 16.3. The molecule has 3 aromatic rings. The molecular formula is C28H20. The van der Waals surface area contributed by atoms with E-state index in [0.29, 0.717) is 0 Å². The first kappa shape index (κ1) is 14.9. The molecule has 0 saturated carbocycles. The van der Waals surface area contributed by atoms with Crippen molar-refractivity contribution in [1.29, 1.82) is 0 Å². The first-order chi connectivity index (χ1) is 13.6. The monoisotopic (exact) mass is 356 g/mol. The Morgan fingerprint density at radius 1 is 0.643 bits per heavy atom. The highest BCUT2D eigenvalue weighted by atomic mass is 14.6. The second-order valence-corrected chi connectivity index (χ2v) is 8.86. The SMILES string of the molecule is CC12C3=CC=CC1=CC=C1c4ccc5cccc6ccc(c4c56)=C(C=C3)C12C. The van der Waals surface area contributed by atoms with Crippen LogP contribution in [0.15, 0.2) is 96.1 Å². The van der Waals surface area contributed by atoms with Gasteiger partial charge in [0.05, 0.1) is 0 Å². The Balaban J connectivity index is 1.80. The van der Waals surface area contributed by atoms with Crippen LogP contribution in [0.1, 0.15) is 19.4 Å². The molecule has 4 aliphatic carbocycles. The van der Waals surface area contributed by atoms with Crippen LogP contribution >= 0.6 is 0 Å². The molecule has 0 heterocycles. The Kier molecular flexibility index (Phi) is 2.38. The summed E-state index contributed by atoms with van der Waals surface area (Å²) in [6, 6.07) is 16.0. The molecule has 0 saturated heterocycles. The number of fused-ring (bicyclic) bond motifs is 1. The number of benzene rings is 3. The van der Waals surface area contributed by atoms with Gasteiger partial charge in [0.2, 0.25) is 0 Å². The van der Waals surface area contributed by atoms with Gasteiger partial charge in [-0.2, -0.15) is 0 Å². The zero-order chi connectivity index (χ0) is 18.7. The van der Waals surface area contributed by atoms with Crippen molar-refractivity contribution in [3.63, 3.8) is 0 Å². The van der Waals surface area contributed by atoms with Crippen molar-refractivity contribution in [1.82, 2.24) is 0 Å². The lowest BCUT2D eigenvalue weighted by molar-refractivity contribution is 0.302. The maximum atomic E-state index is 2.46. The summed E-state index contributed by atoms with van der Waals surface area (Å²) in [7, 11) is 0. The van der Waals surface area contributed by atoms with E-state index in [2.05, 4.69) is 98.8 Å². The van der Waals surface area contributed by atoms with Gasteiger partial charge in [-0.3, -0.25) is 0 Å². The van der Waals surface area contributed by atoms with Crippen LogP contribution in [0, 0.1) is 10.8 Å². The van der Waals surface area contributed by atoms with Gasteiger partial charge in [0.15, 0.2) is 0 Å². The van der Waals surface area contributed by atoms with Crippen molar-refractivity contribution in [2.45, 2.75) is 13.8 Å². The molecule has 0 bridgehead atoms. The molecule has 0 aliphatic heterocycles. The molecule has 0 N–H and O–H groups in total. The third-order valence-electron chi connectivity index (χ3n) is 8.00. The average molecular weight is 356 g/mol. The molecule has 0 fully saturated rings. The van der Waals surface area contributed by atoms with Gasteiger partial charge in [0, 0.05) is 10.8 Å². The molecule has 0 amide bonds. The molecule has 132 valence electrons. The summed E-state index contributed by atoms with van der Waals surface area (Å²) < 4.78 is 0. The highest BCUT2D eigenvalue weighted by molar-refractivity contribution is 6.17. The van der Waals surface area contributed by atoms with E-state index in [4.69, 9.17) is 0 Å². The molecule has 3 aromatic carbocycles. The Labute approximate surface area is 164 Å². The summed E-state index contributed by atoms with van der Waals surface area (Å²) >= 11 is 0. The van der Waals surface area contributed by atoms with Gasteiger partial charge in [-0.25, -0.2) is 0 Å². The summed E-state index contributed by atoms with van der Waals surface area (Å²) in [4.78, 5) is 0. The minimum absolute atomic E-state index is 0.0274.